The van der Waals surface area contributed by atoms with E-state index in [0.717, 1.165) is 51.4 Å². The van der Waals surface area contributed by atoms with Crippen molar-refractivity contribution in [1.82, 2.24) is 24.7 Å². The molecule has 2 saturated heterocycles. The van der Waals surface area contributed by atoms with E-state index in [1.165, 1.54) is 0 Å². The lowest BCUT2D eigenvalue weighted by molar-refractivity contribution is -0.132. The van der Waals surface area contributed by atoms with Crippen molar-refractivity contribution in [2.45, 2.75) is 38.3 Å². The number of nitrogens with one attached hydrogen (secondary N) is 1. The Hall–Kier alpha value is -1.40. The van der Waals surface area contributed by atoms with E-state index in [4.69, 9.17) is 0 Å². The third-order valence-electron chi connectivity index (χ3n) is 5.00. The van der Waals surface area contributed by atoms with Crippen LogP contribution < -0.4 is 5.32 Å². The third kappa shape index (κ3) is 3.17. The van der Waals surface area contributed by atoms with E-state index >= 15 is 0 Å². The predicted octanol–water partition coefficient (Wildman–Crippen LogP) is 0.767. The van der Waals surface area contributed by atoms with Crippen LogP contribution in [0.3, 0.4) is 0 Å². The van der Waals surface area contributed by atoms with Gasteiger partial charge in [0.25, 0.3) is 0 Å². The summed E-state index contributed by atoms with van der Waals surface area (Å²) in [6.45, 7) is 6.77. The molecular formula is C16H27N5O. The number of carbonyl (C=O) groups excluding carboxylic acids is 1. The molecule has 6 heteroatoms. The van der Waals surface area contributed by atoms with E-state index in [1.54, 1.807) is 0 Å². The number of amides is 1. The van der Waals surface area contributed by atoms with Gasteiger partial charge in [-0.3, -0.25) is 9.69 Å². The number of piperazine rings is 1. The molecule has 1 N–H and O–H groups in total. The number of aromatic nitrogens is 2. The van der Waals surface area contributed by atoms with E-state index in [1.807, 2.05) is 19.4 Å². The minimum Gasteiger partial charge on any atom is -0.340 e. The molecule has 0 aliphatic carbocycles. The monoisotopic (exact) mass is 305 g/mol. The van der Waals surface area contributed by atoms with E-state index in [9.17, 15) is 4.79 Å². The molecule has 0 radical (unpaired) electrons. The van der Waals surface area contributed by atoms with Gasteiger partial charge >= 0.3 is 0 Å². The van der Waals surface area contributed by atoms with Crippen molar-refractivity contribution in [2.24, 2.45) is 7.05 Å². The molecule has 1 aromatic rings. The minimum atomic E-state index is 0.262. The van der Waals surface area contributed by atoms with Crippen LogP contribution in [-0.2, 0) is 11.8 Å². The summed E-state index contributed by atoms with van der Waals surface area (Å²) >= 11 is 0. The zero-order valence-corrected chi connectivity index (χ0v) is 13.7. The molecule has 2 aliphatic heterocycles. The minimum absolute atomic E-state index is 0.262. The second-order valence-electron chi connectivity index (χ2n) is 6.48. The van der Waals surface area contributed by atoms with Crippen LogP contribution in [0.2, 0.25) is 0 Å². The Morgan fingerprint density at radius 2 is 2.32 bits per heavy atom. The van der Waals surface area contributed by atoms with Crippen molar-refractivity contribution in [3.63, 3.8) is 0 Å². The van der Waals surface area contributed by atoms with Gasteiger partial charge in [0.05, 0.1) is 6.04 Å². The molecule has 2 unspecified atom stereocenters. The molecule has 22 heavy (non-hydrogen) atoms. The summed E-state index contributed by atoms with van der Waals surface area (Å²) in [5.74, 6) is 1.39. The molecule has 122 valence electrons. The van der Waals surface area contributed by atoms with Gasteiger partial charge in [-0.2, -0.15) is 0 Å². The Balaban J connectivity index is 1.60. The maximum atomic E-state index is 12.4. The summed E-state index contributed by atoms with van der Waals surface area (Å²) < 4.78 is 2.08. The standard InChI is InChI=1S/C16H27N5O/c1-13-4-3-8-21(13)15(22)5-9-20-11-6-17-12-14(20)16-18-7-10-19(16)2/h7,10,13-14,17H,3-6,8-9,11-12H2,1-2H3. The van der Waals surface area contributed by atoms with Crippen LogP contribution in [0.25, 0.3) is 0 Å². The van der Waals surface area contributed by atoms with Crippen LogP contribution in [0.4, 0.5) is 0 Å². The largest absolute Gasteiger partial charge is 0.340 e. The molecule has 0 spiro atoms. The maximum absolute atomic E-state index is 12.4. The van der Waals surface area contributed by atoms with E-state index in [-0.39, 0.29) is 6.04 Å². The number of hydrogen-bond acceptors (Lipinski definition) is 4. The van der Waals surface area contributed by atoms with Gasteiger partial charge in [0.2, 0.25) is 5.91 Å². The fourth-order valence-electron chi connectivity index (χ4n) is 3.65. The van der Waals surface area contributed by atoms with Crippen molar-refractivity contribution >= 4 is 5.91 Å². The number of hydrogen-bond donors (Lipinski definition) is 1. The smallest absolute Gasteiger partial charge is 0.224 e. The fraction of sp³-hybridized carbons (Fsp3) is 0.750. The first-order valence-electron chi connectivity index (χ1n) is 8.38. The highest BCUT2D eigenvalue weighted by molar-refractivity contribution is 5.77. The summed E-state index contributed by atoms with van der Waals surface area (Å²) in [5.41, 5.74) is 0. The highest BCUT2D eigenvalue weighted by Gasteiger charge is 2.29. The summed E-state index contributed by atoms with van der Waals surface area (Å²) in [6.07, 6.45) is 6.75. The number of likely N-dealkylation sites (tertiary alicyclic amines) is 1. The second kappa shape index (κ2) is 6.79. The van der Waals surface area contributed by atoms with Gasteiger partial charge in [-0.1, -0.05) is 0 Å². The highest BCUT2D eigenvalue weighted by atomic mass is 16.2. The Bertz CT molecular complexity index is 514. The SMILES string of the molecule is CC1CCCN1C(=O)CCN1CCNCC1c1nccn1C. The van der Waals surface area contributed by atoms with Gasteiger partial charge in [-0.05, 0) is 19.8 Å². The van der Waals surface area contributed by atoms with Crippen molar-refractivity contribution < 1.29 is 4.79 Å². The normalized spacial score (nSPS) is 26.5. The van der Waals surface area contributed by atoms with Gasteiger partial charge < -0.3 is 14.8 Å². The molecule has 3 heterocycles. The summed E-state index contributed by atoms with van der Waals surface area (Å²) in [7, 11) is 2.03. The maximum Gasteiger partial charge on any atom is 0.224 e. The first kappa shape index (κ1) is 15.5. The number of imidazole rings is 1. The molecular weight excluding hydrogens is 278 g/mol. The molecule has 6 nitrogen and oxygen atoms in total. The van der Waals surface area contributed by atoms with Crippen molar-refractivity contribution in [3.05, 3.63) is 18.2 Å². The second-order valence-corrected chi connectivity index (χ2v) is 6.48. The highest BCUT2D eigenvalue weighted by Crippen LogP contribution is 2.22. The summed E-state index contributed by atoms with van der Waals surface area (Å²) in [6, 6.07) is 0.679. The molecule has 1 amide bonds. The lowest BCUT2D eigenvalue weighted by Gasteiger charge is -2.36. The van der Waals surface area contributed by atoms with Crippen LogP contribution >= 0.6 is 0 Å². The molecule has 0 aromatic carbocycles. The molecule has 3 rings (SSSR count). The Morgan fingerprint density at radius 3 is 3.00 bits per heavy atom. The Labute approximate surface area is 132 Å². The van der Waals surface area contributed by atoms with Gasteiger partial charge in [0.1, 0.15) is 5.82 Å². The first-order valence-corrected chi connectivity index (χ1v) is 8.38. The van der Waals surface area contributed by atoms with Crippen LogP contribution in [0.15, 0.2) is 12.4 Å². The zero-order valence-electron chi connectivity index (χ0n) is 13.7. The molecule has 2 atom stereocenters. The third-order valence-corrected chi connectivity index (χ3v) is 5.00. The van der Waals surface area contributed by atoms with Crippen LogP contribution in [0, 0.1) is 0 Å². The summed E-state index contributed by atoms with van der Waals surface area (Å²) in [5, 5.41) is 3.44. The Kier molecular flexibility index (Phi) is 4.78. The fourth-order valence-corrected chi connectivity index (χ4v) is 3.65. The van der Waals surface area contributed by atoms with E-state index in [0.29, 0.717) is 18.4 Å². The van der Waals surface area contributed by atoms with Gasteiger partial charge in [0, 0.05) is 64.6 Å². The van der Waals surface area contributed by atoms with Crippen molar-refractivity contribution in [2.75, 3.05) is 32.7 Å². The first-order chi connectivity index (χ1) is 10.7. The average molecular weight is 305 g/mol. The lowest BCUT2D eigenvalue weighted by atomic mass is 10.1. The molecule has 2 aliphatic rings. The van der Waals surface area contributed by atoms with Gasteiger partial charge in [0.15, 0.2) is 0 Å². The lowest BCUT2D eigenvalue weighted by Crippen LogP contribution is -2.48. The zero-order chi connectivity index (χ0) is 15.5. The molecule has 0 saturated carbocycles. The number of aryl methyl sites for hydroxylation is 1. The molecule has 2 fully saturated rings. The Morgan fingerprint density at radius 1 is 1.45 bits per heavy atom. The van der Waals surface area contributed by atoms with Gasteiger partial charge in [-0.25, -0.2) is 4.98 Å². The number of carbonyl (C=O) groups is 1. The van der Waals surface area contributed by atoms with Crippen LogP contribution in [-0.4, -0.2) is 64.0 Å². The van der Waals surface area contributed by atoms with Gasteiger partial charge in [-0.15, -0.1) is 0 Å². The number of nitrogens with zero attached hydrogens (tertiary/aromatic N) is 4. The van der Waals surface area contributed by atoms with Crippen molar-refractivity contribution in [1.29, 1.82) is 0 Å². The summed E-state index contributed by atoms with van der Waals surface area (Å²) in [4.78, 5) is 21.4. The number of rotatable bonds is 4. The topological polar surface area (TPSA) is 53.4 Å². The van der Waals surface area contributed by atoms with Crippen LogP contribution in [0.1, 0.15) is 38.1 Å². The van der Waals surface area contributed by atoms with E-state index < -0.39 is 0 Å². The van der Waals surface area contributed by atoms with Crippen molar-refractivity contribution in [3.8, 4) is 0 Å². The van der Waals surface area contributed by atoms with Crippen LogP contribution in [0.5, 0.6) is 0 Å². The average Bonchev–Trinajstić information content (AvgIpc) is 3.13. The molecule has 1 aromatic heterocycles. The predicted molar refractivity (Wildman–Crippen MR) is 85.4 cm³/mol. The van der Waals surface area contributed by atoms with E-state index in [2.05, 4.69) is 31.6 Å². The quantitative estimate of drug-likeness (QED) is 0.893. The molecule has 0 bridgehead atoms.